The van der Waals surface area contributed by atoms with Gasteiger partial charge in [0.05, 0.1) is 0 Å². The molecule has 0 atom stereocenters. The van der Waals surface area contributed by atoms with Crippen LogP contribution in [0.3, 0.4) is 0 Å². The second-order valence-corrected chi connectivity index (χ2v) is 3.76. The minimum Gasteiger partial charge on any atom is -0.292 e. The van der Waals surface area contributed by atoms with Gasteiger partial charge < -0.3 is 0 Å². The van der Waals surface area contributed by atoms with E-state index in [0.29, 0.717) is 30.5 Å². The standard InChI is InChI=1S/C11H11F2NO/c1-6-5-8(11(12)13)7-3-2-4-9(15)10(7)14-6/h5,11H,2-4H2,1H3. The number of aryl methyl sites for hydroxylation is 1. The van der Waals surface area contributed by atoms with Crippen LogP contribution in [0.1, 0.15) is 46.6 Å². The Hall–Kier alpha value is -1.32. The highest BCUT2D eigenvalue weighted by molar-refractivity contribution is 5.97. The van der Waals surface area contributed by atoms with E-state index >= 15 is 0 Å². The number of rotatable bonds is 1. The number of nitrogens with zero attached hydrogens (tertiary/aromatic N) is 1. The summed E-state index contributed by atoms with van der Waals surface area (Å²) < 4.78 is 25.4. The first-order chi connectivity index (χ1) is 7.09. The third kappa shape index (κ3) is 1.76. The summed E-state index contributed by atoms with van der Waals surface area (Å²) in [6.07, 6.45) is -0.914. The lowest BCUT2D eigenvalue weighted by Crippen LogP contribution is -2.16. The maximum absolute atomic E-state index is 12.7. The number of Topliss-reactive ketones (excluding diaryl/α,β-unsaturated/α-hetero) is 1. The second-order valence-electron chi connectivity index (χ2n) is 3.76. The number of ketones is 1. The second kappa shape index (κ2) is 3.68. The van der Waals surface area contributed by atoms with E-state index in [4.69, 9.17) is 0 Å². The summed E-state index contributed by atoms with van der Waals surface area (Å²) in [5, 5.41) is 0. The predicted octanol–water partition coefficient (Wildman–Crippen LogP) is 2.85. The molecule has 1 aliphatic rings. The minimum atomic E-state index is -2.52. The molecule has 0 fully saturated rings. The van der Waals surface area contributed by atoms with Gasteiger partial charge in [0, 0.05) is 17.7 Å². The topological polar surface area (TPSA) is 30.0 Å². The third-order valence-electron chi connectivity index (χ3n) is 2.62. The van der Waals surface area contributed by atoms with Crippen molar-refractivity contribution < 1.29 is 13.6 Å². The van der Waals surface area contributed by atoms with E-state index in [-0.39, 0.29) is 17.0 Å². The number of hydrogen-bond acceptors (Lipinski definition) is 2. The SMILES string of the molecule is Cc1cc(C(F)F)c2c(n1)C(=O)CCC2. The van der Waals surface area contributed by atoms with Crippen molar-refractivity contribution in [2.45, 2.75) is 32.6 Å². The molecule has 1 aromatic heterocycles. The van der Waals surface area contributed by atoms with Crippen LogP contribution in [0.4, 0.5) is 8.78 Å². The molecule has 2 nitrogen and oxygen atoms in total. The summed E-state index contributed by atoms with van der Waals surface area (Å²) in [6, 6.07) is 1.38. The first kappa shape index (κ1) is 10.2. The van der Waals surface area contributed by atoms with E-state index in [0.717, 1.165) is 0 Å². The maximum atomic E-state index is 12.7. The van der Waals surface area contributed by atoms with E-state index < -0.39 is 6.43 Å². The number of halogens is 2. The average molecular weight is 211 g/mol. The monoisotopic (exact) mass is 211 g/mol. The lowest BCUT2D eigenvalue weighted by atomic mass is 9.91. The van der Waals surface area contributed by atoms with Crippen molar-refractivity contribution in [2.24, 2.45) is 0 Å². The van der Waals surface area contributed by atoms with Crippen molar-refractivity contribution in [2.75, 3.05) is 0 Å². The largest absolute Gasteiger partial charge is 0.292 e. The van der Waals surface area contributed by atoms with Crippen molar-refractivity contribution in [3.8, 4) is 0 Å². The first-order valence-corrected chi connectivity index (χ1v) is 4.91. The van der Waals surface area contributed by atoms with Crippen molar-refractivity contribution >= 4 is 5.78 Å². The summed E-state index contributed by atoms with van der Waals surface area (Å²) in [7, 11) is 0. The van der Waals surface area contributed by atoms with Crippen LogP contribution in [-0.4, -0.2) is 10.8 Å². The van der Waals surface area contributed by atoms with Crippen LogP contribution in [0.15, 0.2) is 6.07 Å². The molecule has 0 saturated carbocycles. The summed E-state index contributed by atoms with van der Waals surface area (Å²) >= 11 is 0. The Morgan fingerprint density at radius 3 is 2.80 bits per heavy atom. The molecule has 15 heavy (non-hydrogen) atoms. The molecule has 0 amide bonds. The summed E-state index contributed by atoms with van der Waals surface area (Å²) in [6.45, 7) is 1.63. The minimum absolute atomic E-state index is 0.0226. The fraction of sp³-hybridized carbons (Fsp3) is 0.455. The predicted molar refractivity (Wildman–Crippen MR) is 51.2 cm³/mol. The Balaban J connectivity index is 2.62. The van der Waals surface area contributed by atoms with Gasteiger partial charge in [0.2, 0.25) is 0 Å². The molecule has 0 bridgehead atoms. The number of carbonyl (C=O) groups is 1. The lowest BCUT2D eigenvalue weighted by Gasteiger charge is -2.17. The van der Waals surface area contributed by atoms with Gasteiger partial charge in [-0.25, -0.2) is 13.8 Å². The number of carbonyl (C=O) groups excluding carboxylic acids is 1. The van der Waals surface area contributed by atoms with Crippen LogP contribution in [0.5, 0.6) is 0 Å². The molecular formula is C11H11F2NO. The van der Waals surface area contributed by atoms with Crippen LogP contribution in [-0.2, 0) is 6.42 Å². The zero-order chi connectivity index (χ0) is 11.0. The zero-order valence-electron chi connectivity index (χ0n) is 8.39. The van der Waals surface area contributed by atoms with Gasteiger partial charge in [0.15, 0.2) is 5.78 Å². The molecule has 0 aliphatic heterocycles. The maximum Gasteiger partial charge on any atom is 0.264 e. The summed E-state index contributed by atoms with van der Waals surface area (Å²) in [5.41, 5.74) is 1.17. The molecule has 0 saturated heterocycles. The van der Waals surface area contributed by atoms with Gasteiger partial charge >= 0.3 is 0 Å². The Labute approximate surface area is 86.3 Å². The van der Waals surface area contributed by atoms with E-state index in [1.807, 2.05) is 0 Å². The molecule has 0 N–H and O–H groups in total. The molecule has 0 spiro atoms. The highest BCUT2D eigenvalue weighted by Crippen LogP contribution is 2.30. The molecule has 0 unspecified atom stereocenters. The van der Waals surface area contributed by atoms with Gasteiger partial charge in [-0.05, 0) is 31.4 Å². The zero-order valence-corrected chi connectivity index (χ0v) is 8.39. The van der Waals surface area contributed by atoms with Gasteiger partial charge in [-0.15, -0.1) is 0 Å². The molecular weight excluding hydrogens is 200 g/mol. The van der Waals surface area contributed by atoms with Gasteiger partial charge in [0.1, 0.15) is 5.69 Å². The van der Waals surface area contributed by atoms with E-state index in [1.165, 1.54) is 6.07 Å². The van der Waals surface area contributed by atoms with Gasteiger partial charge in [0.25, 0.3) is 6.43 Å². The van der Waals surface area contributed by atoms with Gasteiger partial charge in [-0.3, -0.25) is 4.79 Å². The fourth-order valence-corrected chi connectivity index (χ4v) is 1.96. The van der Waals surface area contributed by atoms with Gasteiger partial charge in [-0.2, -0.15) is 0 Å². The van der Waals surface area contributed by atoms with Crippen molar-refractivity contribution in [3.05, 3.63) is 28.6 Å². The molecule has 4 heteroatoms. The highest BCUT2D eigenvalue weighted by atomic mass is 19.3. The Kier molecular flexibility index (Phi) is 2.50. The number of aromatic nitrogens is 1. The molecule has 0 radical (unpaired) electrons. The Morgan fingerprint density at radius 1 is 1.40 bits per heavy atom. The van der Waals surface area contributed by atoms with Crippen LogP contribution in [0.2, 0.25) is 0 Å². The average Bonchev–Trinajstić information content (AvgIpc) is 2.18. The highest BCUT2D eigenvalue weighted by Gasteiger charge is 2.25. The molecule has 80 valence electrons. The number of fused-ring (bicyclic) bond motifs is 1. The van der Waals surface area contributed by atoms with Crippen LogP contribution in [0, 0.1) is 6.92 Å². The Morgan fingerprint density at radius 2 is 2.13 bits per heavy atom. The molecule has 1 aliphatic carbocycles. The first-order valence-electron chi connectivity index (χ1n) is 4.91. The smallest absolute Gasteiger partial charge is 0.264 e. The van der Waals surface area contributed by atoms with Crippen molar-refractivity contribution in [3.63, 3.8) is 0 Å². The number of alkyl halides is 2. The van der Waals surface area contributed by atoms with Gasteiger partial charge in [-0.1, -0.05) is 0 Å². The quantitative estimate of drug-likeness (QED) is 0.714. The Bertz CT molecular complexity index is 415. The molecule has 1 aromatic rings. The van der Waals surface area contributed by atoms with Crippen LogP contribution >= 0.6 is 0 Å². The summed E-state index contributed by atoms with van der Waals surface area (Å²) in [5.74, 6) is -0.109. The van der Waals surface area contributed by atoms with E-state index in [9.17, 15) is 13.6 Å². The summed E-state index contributed by atoms with van der Waals surface area (Å²) in [4.78, 5) is 15.6. The van der Waals surface area contributed by atoms with E-state index in [1.54, 1.807) is 6.92 Å². The van der Waals surface area contributed by atoms with Crippen LogP contribution < -0.4 is 0 Å². The molecule has 0 aromatic carbocycles. The number of pyridine rings is 1. The lowest BCUT2D eigenvalue weighted by molar-refractivity contribution is 0.0964. The molecule has 1 heterocycles. The van der Waals surface area contributed by atoms with E-state index in [2.05, 4.69) is 4.98 Å². The fourth-order valence-electron chi connectivity index (χ4n) is 1.96. The molecule has 2 rings (SSSR count). The van der Waals surface area contributed by atoms with Crippen molar-refractivity contribution in [1.82, 2.24) is 4.98 Å². The van der Waals surface area contributed by atoms with Crippen molar-refractivity contribution in [1.29, 1.82) is 0 Å². The van der Waals surface area contributed by atoms with Crippen LogP contribution in [0.25, 0.3) is 0 Å². The normalized spacial score (nSPS) is 15.6. The number of hydrogen-bond donors (Lipinski definition) is 0. The third-order valence-corrected chi connectivity index (χ3v) is 2.62.